The first-order valence-corrected chi connectivity index (χ1v) is 9.32. The minimum atomic E-state index is 0.143. The molecule has 1 atom stereocenters. The lowest BCUT2D eigenvalue weighted by atomic mass is 10.2. The summed E-state index contributed by atoms with van der Waals surface area (Å²) in [5.41, 5.74) is 2.00. The van der Waals surface area contributed by atoms with E-state index in [4.69, 9.17) is 14.1 Å². The predicted octanol–water partition coefficient (Wildman–Crippen LogP) is 5.33. The number of aromatic nitrogens is 1. The van der Waals surface area contributed by atoms with Crippen LogP contribution in [0.2, 0.25) is 0 Å². The second kappa shape index (κ2) is 7.51. The van der Waals surface area contributed by atoms with Crippen LogP contribution in [0, 0.1) is 6.92 Å². The lowest BCUT2D eigenvalue weighted by Crippen LogP contribution is -2.17. The van der Waals surface area contributed by atoms with Crippen molar-refractivity contribution in [3.63, 3.8) is 0 Å². The highest BCUT2D eigenvalue weighted by atomic mass is 79.9. The third-order valence-electron chi connectivity index (χ3n) is 3.72. The summed E-state index contributed by atoms with van der Waals surface area (Å²) >= 11 is 5.12. The van der Waals surface area contributed by atoms with Gasteiger partial charge in [0, 0.05) is 16.4 Å². The van der Waals surface area contributed by atoms with Crippen LogP contribution in [0.3, 0.4) is 0 Å². The molecule has 0 aliphatic rings. The first-order valence-electron chi connectivity index (χ1n) is 7.65. The third-order valence-corrected chi connectivity index (χ3v) is 5.14. The molecule has 2 aromatic heterocycles. The maximum absolute atomic E-state index is 5.65. The van der Waals surface area contributed by atoms with Gasteiger partial charge in [-0.05, 0) is 44.2 Å². The van der Waals surface area contributed by atoms with E-state index in [9.17, 15) is 0 Å². The molecule has 1 N–H and O–H groups in total. The fourth-order valence-electron chi connectivity index (χ4n) is 2.40. The summed E-state index contributed by atoms with van der Waals surface area (Å²) in [6.45, 7) is 4.73. The number of methoxy groups -OCH3 is 1. The van der Waals surface area contributed by atoms with Gasteiger partial charge in [0.05, 0.1) is 24.4 Å². The van der Waals surface area contributed by atoms with Gasteiger partial charge in [-0.3, -0.25) is 0 Å². The molecule has 0 spiro atoms. The summed E-state index contributed by atoms with van der Waals surface area (Å²) in [4.78, 5) is 4.73. The van der Waals surface area contributed by atoms with E-state index in [0.717, 1.165) is 38.0 Å². The van der Waals surface area contributed by atoms with E-state index < -0.39 is 0 Å². The first kappa shape index (κ1) is 17.2. The van der Waals surface area contributed by atoms with Gasteiger partial charge in [-0.1, -0.05) is 15.9 Å². The molecular formula is C18H19BrN2O2S. The topological polar surface area (TPSA) is 47.3 Å². The lowest BCUT2D eigenvalue weighted by molar-refractivity contribution is 0.414. The Hall–Kier alpha value is -1.63. The minimum absolute atomic E-state index is 0.143. The molecule has 24 heavy (non-hydrogen) atoms. The molecule has 2 heterocycles. The van der Waals surface area contributed by atoms with Crippen LogP contribution in [0.4, 0.5) is 0 Å². The van der Waals surface area contributed by atoms with Crippen molar-refractivity contribution in [1.29, 1.82) is 0 Å². The maximum Gasteiger partial charge on any atom is 0.129 e. The molecule has 0 saturated carbocycles. The number of halogens is 1. The molecule has 126 valence electrons. The highest BCUT2D eigenvalue weighted by Crippen LogP contribution is 2.34. The summed E-state index contributed by atoms with van der Waals surface area (Å²) < 4.78 is 12.1. The van der Waals surface area contributed by atoms with E-state index in [0.29, 0.717) is 6.54 Å². The Morgan fingerprint density at radius 1 is 1.33 bits per heavy atom. The number of ether oxygens (including phenoxy) is 1. The van der Waals surface area contributed by atoms with E-state index in [2.05, 4.69) is 33.6 Å². The van der Waals surface area contributed by atoms with Gasteiger partial charge in [0.2, 0.25) is 0 Å². The van der Waals surface area contributed by atoms with Crippen LogP contribution in [0.15, 0.2) is 44.6 Å². The smallest absolute Gasteiger partial charge is 0.129 e. The van der Waals surface area contributed by atoms with Crippen LogP contribution >= 0.6 is 27.3 Å². The van der Waals surface area contributed by atoms with Gasteiger partial charge in [-0.2, -0.15) is 0 Å². The second-order valence-electron chi connectivity index (χ2n) is 5.54. The van der Waals surface area contributed by atoms with E-state index in [1.165, 1.54) is 0 Å². The maximum atomic E-state index is 5.65. The minimum Gasteiger partial charge on any atom is -0.496 e. The fourth-order valence-corrected chi connectivity index (χ4v) is 3.60. The number of aryl methyl sites for hydroxylation is 1. The zero-order valence-electron chi connectivity index (χ0n) is 13.8. The quantitative estimate of drug-likeness (QED) is 0.600. The average molecular weight is 407 g/mol. The van der Waals surface area contributed by atoms with Gasteiger partial charge in [0.25, 0.3) is 0 Å². The summed E-state index contributed by atoms with van der Waals surface area (Å²) in [5, 5.41) is 6.47. The van der Waals surface area contributed by atoms with Crippen molar-refractivity contribution in [2.45, 2.75) is 26.4 Å². The molecule has 0 bridgehead atoms. The Balaban J connectivity index is 1.71. The number of thiazole rings is 1. The highest BCUT2D eigenvalue weighted by molar-refractivity contribution is 9.10. The Kier molecular flexibility index (Phi) is 5.38. The summed E-state index contributed by atoms with van der Waals surface area (Å²) in [6.07, 6.45) is 0. The van der Waals surface area contributed by atoms with Crippen molar-refractivity contribution < 1.29 is 9.15 Å². The number of furan rings is 1. The number of rotatable bonds is 6. The summed E-state index contributed by atoms with van der Waals surface area (Å²) in [6, 6.07) is 10.1. The average Bonchev–Trinajstić information content (AvgIpc) is 3.21. The molecule has 4 nitrogen and oxygen atoms in total. The van der Waals surface area contributed by atoms with Crippen LogP contribution in [-0.2, 0) is 6.54 Å². The number of nitrogens with zero attached hydrogens (tertiary/aromatic N) is 1. The third kappa shape index (κ3) is 3.88. The van der Waals surface area contributed by atoms with Crippen molar-refractivity contribution in [3.8, 4) is 16.3 Å². The molecular weight excluding hydrogens is 388 g/mol. The molecule has 0 amide bonds. The molecule has 0 aliphatic carbocycles. The molecule has 1 unspecified atom stereocenters. The van der Waals surface area contributed by atoms with E-state index in [1.54, 1.807) is 18.4 Å². The normalized spacial score (nSPS) is 12.3. The van der Waals surface area contributed by atoms with Crippen LogP contribution < -0.4 is 10.1 Å². The molecule has 0 fully saturated rings. The molecule has 0 radical (unpaired) electrons. The van der Waals surface area contributed by atoms with Crippen molar-refractivity contribution in [1.82, 2.24) is 10.3 Å². The van der Waals surface area contributed by atoms with Crippen molar-refractivity contribution in [3.05, 3.63) is 57.4 Å². The van der Waals surface area contributed by atoms with E-state index >= 15 is 0 Å². The van der Waals surface area contributed by atoms with Crippen LogP contribution in [0.1, 0.15) is 30.2 Å². The molecule has 6 heteroatoms. The monoisotopic (exact) mass is 406 g/mol. The van der Waals surface area contributed by atoms with Gasteiger partial charge in [-0.25, -0.2) is 4.98 Å². The lowest BCUT2D eigenvalue weighted by Gasteiger charge is -2.10. The summed E-state index contributed by atoms with van der Waals surface area (Å²) in [5.74, 6) is 2.69. The molecule has 0 aliphatic heterocycles. The number of benzene rings is 1. The Labute approximate surface area is 154 Å². The van der Waals surface area contributed by atoms with Crippen LogP contribution in [-0.4, -0.2) is 12.1 Å². The number of hydrogen-bond acceptors (Lipinski definition) is 5. The van der Waals surface area contributed by atoms with Crippen LogP contribution in [0.25, 0.3) is 10.6 Å². The largest absolute Gasteiger partial charge is 0.496 e. The first-order chi connectivity index (χ1) is 11.6. The zero-order chi connectivity index (χ0) is 17.1. The molecule has 1 aromatic carbocycles. The molecule has 3 rings (SSSR count). The zero-order valence-corrected chi connectivity index (χ0v) is 16.2. The van der Waals surface area contributed by atoms with Gasteiger partial charge in [0.1, 0.15) is 22.3 Å². The SMILES string of the molecule is COc1ccc(Br)cc1-c1nc(CNC(C)c2ccc(C)o2)cs1. The number of nitrogens with one attached hydrogen (secondary N) is 1. The molecule has 0 saturated heterocycles. The van der Waals surface area contributed by atoms with Gasteiger partial charge < -0.3 is 14.5 Å². The van der Waals surface area contributed by atoms with Gasteiger partial charge in [0.15, 0.2) is 0 Å². The van der Waals surface area contributed by atoms with Crippen molar-refractivity contribution >= 4 is 27.3 Å². The van der Waals surface area contributed by atoms with E-state index in [1.807, 2.05) is 37.3 Å². The van der Waals surface area contributed by atoms with Crippen LogP contribution in [0.5, 0.6) is 5.75 Å². The highest BCUT2D eigenvalue weighted by Gasteiger charge is 2.13. The summed E-state index contributed by atoms with van der Waals surface area (Å²) in [7, 11) is 1.68. The van der Waals surface area contributed by atoms with Gasteiger partial charge in [-0.15, -0.1) is 11.3 Å². The number of hydrogen-bond donors (Lipinski definition) is 1. The second-order valence-corrected chi connectivity index (χ2v) is 7.31. The Bertz CT molecular complexity index is 828. The Morgan fingerprint density at radius 3 is 2.88 bits per heavy atom. The molecule has 3 aromatic rings. The van der Waals surface area contributed by atoms with Crippen molar-refractivity contribution in [2.75, 3.05) is 7.11 Å². The Morgan fingerprint density at radius 2 is 2.17 bits per heavy atom. The van der Waals surface area contributed by atoms with E-state index in [-0.39, 0.29) is 6.04 Å². The fraction of sp³-hybridized carbons (Fsp3) is 0.278. The predicted molar refractivity (Wildman–Crippen MR) is 101 cm³/mol. The van der Waals surface area contributed by atoms with Gasteiger partial charge >= 0.3 is 0 Å². The van der Waals surface area contributed by atoms with Crippen molar-refractivity contribution in [2.24, 2.45) is 0 Å². The standard InChI is InChI=1S/C18H19BrN2O2S/c1-11-4-6-16(23-11)12(2)20-9-14-10-24-18(21-14)15-8-13(19)5-7-17(15)22-3/h4-8,10,12,20H,9H2,1-3H3.